The molecule has 1 aliphatic heterocycles. The fraction of sp³-hybridized carbons (Fsp3) is 0.300. The van der Waals surface area contributed by atoms with Crippen LogP contribution in [0, 0.1) is 5.92 Å². The number of aliphatic hydroxyl groups is 1. The van der Waals surface area contributed by atoms with Gasteiger partial charge in [-0.3, -0.25) is 9.59 Å². The van der Waals surface area contributed by atoms with Gasteiger partial charge in [0.1, 0.15) is 12.5 Å². The molecule has 1 fully saturated rings. The number of aliphatic hydroxyl groups excluding tert-OH is 1. The van der Waals surface area contributed by atoms with Crippen molar-refractivity contribution in [3.05, 3.63) is 71.8 Å². The van der Waals surface area contributed by atoms with E-state index in [1.807, 2.05) is 60.7 Å². The van der Waals surface area contributed by atoms with Crippen LogP contribution in [0.25, 0.3) is 0 Å². The molecule has 25 heavy (non-hydrogen) atoms. The van der Waals surface area contributed by atoms with Crippen LogP contribution in [0.15, 0.2) is 60.7 Å². The molecular weight excluding hydrogens is 318 g/mol. The Kier molecular flexibility index (Phi) is 5.46. The number of amides is 1. The number of rotatable bonds is 5. The lowest BCUT2D eigenvalue weighted by Gasteiger charge is -2.34. The molecule has 0 aromatic heterocycles. The molecular formula is C20H21NO4. The van der Waals surface area contributed by atoms with E-state index in [9.17, 15) is 14.7 Å². The van der Waals surface area contributed by atoms with Crippen LogP contribution < -0.4 is 5.32 Å². The van der Waals surface area contributed by atoms with Gasteiger partial charge in [0, 0.05) is 5.92 Å². The van der Waals surface area contributed by atoms with Gasteiger partial charge >= 0.3 is 5.97 Å². The first-order valence-corrected chi connectivity index (χ1v) is 8.35. The number of carbonyl (C=O) groups excluding carboxylic acids is 2. The van der Waals surface area contributed by atoms with Gasteiger partial charge in [0.05, 0.1) is 12.6 Å². The van der Waals surface area contributed by atoms with Gasteiger partial charge in [-0.15, -0.1) is 0 Å². The van der Waals surface area contributed by atoms with Crippen molar-refractivity contribution in [2.75, 3.05) is 6.61 Å². The summed E-state index contributed by atoms with van der Waals surface area (Å²) in [6, 6.07) is 18.4. The highest BCUT2D eigenvalue weighted by Crippen LogP contribution is 2.34. The lowest BCUT2D eigenvalue weighted by molar-refractivity contribution is -0.156. The molecule has 0 spiro atoms. The van der Waals surface area contributed by atoms with Crippen LogP contribution in [-0.2, 0) is 20.9 Å². The van der Waals surface area contributed by atoms with Crippen molar-refractivity contribution in [1.82, 2.24) is 5.32 Å². The normalized spacial score (nSPS) is 22.9. The molecule has 1 amide bonds. The monoisotopic (exact) mass is 339 g/mol. The summed E-state index contributed by atoms with van der Waals surface area (Å²) in [6.07, 6.45) is 0.497. The van der Waals surface area contributed by atoms with E-state index in [2.05, 4.69) is 5.32 Å². The number of ether oxygens (including phenoxy) is 1. The maximum atomic E-state index is 12.6. The number of esters is 1. The van der Waals surface area contributed by atoms with Crippen LogP contribution in [0.2, 0.25) is 0 Å². The fourth-order valence-electron chi connectivity index (χ4n) is 3.21. The Morgan fingerprint density at radius 1 is 1.08 bits per heavy atom. The largest absolute Gasteiger partial charge is 0.460 e. The first-order valence-electron chi connectivity index (χ1n) is 8.35. The molecule has 0 radical (unpaired) electrons. The van der Waals surface area contributed by atoms with Crippen molar-refractivity contribution >= 4 is 11.9 Å². The van der Waals surface area contributed by atoms with Gasteiger partial charge in [-0.1, -0.05) is 60.7 Å². The molecule has 0 unspecified atom stereocenters. The smallest absolute Gasteiger partial charge is 0.319 e. The summed E-state index contributed by atoms with van der Waals surface area (Å²) >= 11 is 0. The van der Waals surface area contributed by atoms with E-state index in [1.165, 1.54) is 0 Å². The Balaban J connectivity index is 1.78. The third-order valence-corrected chi connectivity index (χ3v) is 4.50. The summed E-state index contributed by atoms with van der Waals surface area (Å²) in [5.74, 6) is -2.15. The van der Waals surface area contributed by atoms with Gasteiger partial charge < -0.3 is 15.2 Å². The van der Waals surface area contributed by atoms with Crippen LogP contribution in [0.5, 0.6) is 0 Å². The number of benzene rings is 2. The van der Waals surface area contributed by atoms with E-state index in [0.29, 0.717) is 6.42 Å². The molecule has 0 aliphatic carbocycles. The quantitative estimate of drug-likeness (QED) is 0.645. The molecule has 0 bridgehead atoms. The molecule has 1 aliphatic rings. The Bertz CT molecular complexity index is 717. The molecule has 1 saturated heterocycles. The average Bonchev–Trinajstić information content (AvgIpc) is 2.67. The highest BCUT2D eigenvalue weighted by molar-refractivity contribution is 5.99. The van der Waals surface area contributed by atoms with Crippen molar-refractivity contribution in [1.29, 1.82) is 0 Å². The summed E-state index contributed by atoms with van der Waals surface area (Å²) in [6.45, 7) is -0.0186. The minimum absolute atomic E-state index is 0.133. The third-order valence-electron chi connectivity index (χ3n) is 4.50. The molecule has 3 atom stereocenters. The Morgan fingerprint density at radius 2 is 1.72 bits per heavy atom. The average molecular weight is 339 g/mol. The maximum Gasteiger partial charge on any atom is 0.319 e. The second kappa shape index (κ2) is 7.94. The first kappa shape index (κ1) is 17.2. The minimum atomic E-state index is -0.908. The van der Waals surface area contributed by atoms with Gasteiger partial charge in [0.2, 0.25) is 5.91 Å². The van der Waals surface area contributed by atoms with E-state index in [-0.39, 0.29) is 25.2 Å². The molecule has 1 heterocycles. The SMILES string of the molecule is O=C1N[C@H](CO)C[C@@H](c2ccccc2)[C@@H]1C(=O)OCc1ccccc1. The number of nitrogens with one attached hydrogen (secondary N) is 1. The van der Waals surface area contributed by atoms with Crippen molar-refractivity contribution in [3.8, 4) is 0 Å². The van der Waals surface area contributed by atoms with E-state index in [0.717, 1.165) is 11.1 Å². The van der Waals surface area contributed by atoms with Crippen LogP contribution in [-0.4, -0.2) is 29.6 Å². The standard InChI is InChI=1S/C20H21NO4/c22-12-16-11-17(15-9-5-2-6-10-15)18(19(23)21-16)20(24)25-13-14-7-3-1-4-8-14/h1-10,16-18,22H,11-13H2,(H,21,23)/t16-,17-,18-/m0/s1. The fourth-order valence-corrected chi connectivity index (χ4v) is 3.21. The number of hydrogen-bond acceptors (Lipinski definition) is 4. The molecule has 0 saturated carbocycles. The van der Waals surface area contributed by atoms with Crippen molar-refractivity contribution in [2.24, 2.45) is 5.92 Å². The molecule has 5 heteroatoms. The molecule has 2 N–H and O–H groups in total. The molecule has 3 rings (SSSR count). The Labute approximate surface area is 146 Å². The molecule has 130 valence electrons. The van der Waals surface area contributed by atoms with Crippen molar-refractivity contribution < 1.29 is 19.4 Å². The number of piperidine rings is 1. The van der Waals surface area contributed by atoms with Gasteiger partial charge in [0.15, 0.2) is 0 Å². The predicted octanol–water partition coefficient (Wildman–Crippen LogP) is 2.01. The van der Waals surface area contributed by atoms with E-state index in [1.54, 1.807) is 0 Å². The first-order chi connectivity index (χ1) is 12.2. The summed E-state index contributed by atoms with van der Waals surface area (Å²) in [5, 5.41) is 12.1. The van der Waals surface area contributed by atoms with Gasteiger partial charge in [-0.25, -0.2) is 0 Å². The Hall–Kier alpha value is -2.66. The van der Waals surface area contributed by atoms with Crippen LogP contribution >= 0.6 is 0 Å². The summed E-state index contributed by atoms with van der Waals surface area (Å²) in [7, 11) is 0. The zero-order valence-corrected chi connectivity index (χ0v) is 13.8. The second-order valence-electron chi connectivity index (χ2n) is 6.21. The lowest BCUT2D eigenvalue weighted by atomic mass is 9.78. The van der Waals surface area contributed by atoms with Crippen LogP contribution in [0.1, 0.15) is 23.5 Å². The molecule has 2 aromatic rings. The van der Waals surface area contributed by atoms with Crippen molar-refractivity contribution in [3.63, 3.8) is 0 Å². The number of carbonyl (C=O) groups is 2. The number of hydrogen-bond donors (Lipinski definition) is 2. The van der Waals surface area contributed by atoms with Crippen LogP contribution in [0.4, 0.5) is 0 Å². The maximum absolute atomic E-state index is 12.6. The van der Waals surface area contributed by atoms with E-state index >= 15 is 0 Å². The lowest BCUT2D eigenvalue weighted by Crippen LogP contribution is -2.52. The molecule has 2 aromatic carbocycles. The van der Waals surface area contributed by atoms with Gasteiger partial charge in [-0.05, 0) is 17.5 Å². The van der Waals surface area contributed by atoms with Crippen molar-refractivity contribution in [2.45, 2.75) is 25.0 Å². The van der Waals surface area contributed by atoms with Gasteiger partial charge in [-0.2, -0.15) is 0 Å². The topological polar surface area (TPSA) is 75.6 Å². The highest BCUT2D eigenvalue weighted by Gasteiger charge is 2.42. The van der Waals surface area contributed by atoms with E-state index in [4.69, 9.17) is 4.74 Å². The van der Waals surface area contributed by atoms with Gasteiger partial charge in [0.25, 0.3) is 0 Å². The predicted molar refractivity (Wildman–Crippen MR) is 92.5 cm³/mol. The zero-order valence-electron chi connectivity index (χ0n) is 13.8. The van der Waals surface area contributed by atoms with Crippen LogP contribution in [0.3, 0.4) is 0 Å². The summed E-state index contributed by atoms with van der Waals surface area (Å²) in [5.41, 5.74) is 1.77. The third kappa shape index (κ3) is 4.06. The molecule has 5 nitrogen and oxygen atoms in total. The highest BCUT2D eigenvalue weighted by atomic mass is 16.5. The second-order valence-corrected chi connectivity index (χ2v) is 6.21. The summed E-state index contributed by atoms with van der Waals surface area (Å²) in [4.78, 5) is 25.1. The Morgan fingerprint density at radius 3 is 2.36 bits per heavy atom. The zero-order chi connectivity index (χ0) is 17.6. The minimum Gasteiger partial charge on any atom is -0.460 e. The van der Waals surface area contributed by atoms with E-state index < -0.39 is 17.8 Å². The summed E-state index contributed by atoms with van der Waals surface area (Å²) < 4.78 is 5.40.